The van der Waals surface area contributed by atoms with Crippen molar-refractivity contribution in [2.75, 3.05) is 24.5 Å². The van der Waals surface area contributed by atoms with Gasteiger partial charge in [-0.2, -0.15) is 0 Å². The van der Waals surface area contributed by atoms with Crippen LogP contribution in [-0.4, -0.2) is 29.8 Å². The molecule has 2 N–H and O–H groups in total. The van der Waals surface area contributed by atoms with E-state index in [2.05, 4.69) is 51.5 Å². The van der Waals surface area contributed by atoms with Crippen molar-refractivity contribution in [1.82, 2.24) is 10.2 Å². The molecule has 1 fully saturated rings. The average Bonchev–Trinajstić information content (AvgIpc) is 2.68. The minimum absolute atomic E-state index is 0.643. The Balaban J connectivity index is 1.77. The lowest BCUT2D eigenvalue weighted by molar-refractivity contribution is 0.413. The van der Waals surface area contributed by atoms with Gasteiger partial charge in [0.2, 0.25) is 0 Å². The second kappa shape index (κ2) is 6.57. The standard InChI is InChI=1S/C20H22N4/c21-14-15-10-12-24(13-11-15)20-18-9-5-4-8-17(18)19(22-23-20)16-6-2-1-3-7-16/h1-9,15H,10-14,21H2. The monoisotopic (exact) mass is 318 g/mol. The maximum absolute atomic E-state index is 5.82. The number of nitrogens with zero attached hydrogens (tertiary/aromatic N) is 3. The highest BCUT2D eigenvalue weighted by atomic mass is 15.3. The van der Waals surface area contributed by atoms with Crippen LogP contribution >= 0.6 is 0 Å². The summed E-state index contributed by atoms with van der Waals surface area (Å²) >= 11 is 0. The first kappa shape index (κ1) is 15.1. The van der Waals surface area contributed by atoms with Gasteiger partial charge in [0, 0.05) is 29.4 Å². The molecule has 2 aromatic carbocycles. The van der Waals surface area contributed by atoms with Crippen LogP contribution in [0, 0.1) is 5.92 Å². The molecule has 1 saturated heterocycles. The van der Waals surface area contributed by atoms with E-state index in [9.17, 15) is 0 Å². The molecule has 4 heteroatoms. The van der Waals surface area contributed by atoms with Crippen LogP contribution in [0.4, 0.5) is 5.82 Å². The van der Waals surface area contributed by atoms with Crippen molar-refractivity contribution in [3.8, 4) is 11.3 Å². The zero-order valence-electron chi connectivity index (χ0n) is 13.7. The molecule has 0 saturated carbocycles. The largest absolute Gasteiger partial charge is 0.355 e. The molecule has 122 valence electrons. The molecule has 1 aromatic heterocycles. The minimum atomic E-state index is 0.643. The summed E-state index contributed by atoms with van der Waals surface area (Å²) in [4.78, 5) is 2.36. The summed E-state index contributed by atoms with van der Waals surface area (Å²) in [7, 11) is 0. The Bertz CT molecular complexity index is 823. The first-order valence-corrected chi connectivity index (χ1v) is 8.62. The molecule has 0 spiro atoms. The Morgan fingerprint density at radius 1 is 0.875 bits per heavy atom. The molecular formula is C20H22N4. The number of rotatable bonds is 3. The molecule has 0 amide bonds. The minimum Gasteiger partial charge on any atom is -0.355 e. The third-order valence-corrected chi connectivity index (χ3v) is 4.96. The summed E-state index contributed by atoms with van der Waals surface area (Å²) in [6.07, 6.45) is 2.26. The van der Waals surface area contributed by atoms with Crippen LogP contribution in [0.3, 0.4) is 0 Å². The van der Waals surface area contributed by atoms with Crippen LogP contribution in [0.25, 0.3) is 22.0 Å². The Hall–Kier alpha value is -2.46. The van der Waals surface area contributed by atoms with E-state index in [0.29, 0.717) is 5.92 Å². The lowest BCUT2D eigenvalue weighted by Gasteiger charge is -2.32. The van der Waals surface area contributed by atoms with Gasteiger partial charge in [-0.25, -0.2) is 0 Å². The predicted octanol–water partition coefficient (Wildman–Crippen LogP) is 3.47. The quantitative estimate of drug-likeness (QED) is 0.803. The number of aromatic nitrogens is 2. The molecule has 0 aliphatic carbocycles. The van der Waals surface area contributed by atoms with Gasteiger partial charge >= 0.3 is 0 Å². The van der Waals surface area contributed by atoms with Crippen LogP contribution in [0.15, 0.2) is 54.6 Å². The number of hydrogen-bond donors (Lipinski definition) is 1. The fourth-order valence-electron chi connectivity index (χ4n) is 3.51. The molecule has 4 rings (SSSR count). The van der Waals surface area contributed by atoms with E-state index in [0.717, 1.165) is 54.9 Å². The molecule has 0 unspecified atom stereocenters. The highest BCUT2D eigenvalue weighted by molar-refractivity contribution is 6.00. The van der Waals surface area contributed by atoms with Gasteiger partial charge in [-0.1, -0.05) is 54.6 Å². The van der Waals surface area contributed by atoms with Crippen molar-refractivity contribution in [1.29, 1.82) is 0 Å². The van der Waals surface area contributed by atoms with E-state index in [4.69, 9.17) is 5.73 Å². The van der Waals surface area contributed by atoms with Crippen LogP contribution in [0.5, 0.6) is 0 Å². The SMILES string of the molecule is NCC1CCN(c2nnc(-c3ccccc3)c3ccccc23)CC1. The molecule has 0 atom stereocenters. The smallest absolute Gasteiger partial charge is 0.159 e. The summed E-state index contributed by atoms with van der Waals surface area (Å²) in [5.74, 6) is 1.64. The van der Waals surface area contributed by atoms with E-state index in [1.807, 2.05) is 18.2 Å². The van der Waals surface area contributed by atoms with Crippen molar-refractivity contribution in [2.24, 2.45) is 11.7 Å². The van der Waals surface area contributed by atoms with Crippen LogP contribution in [0.1, 0.15) is 12.8 Å². The molecule has 0 bridgehead atoms. The van der Waals surface area contributed by atoms with E-state index >= 15 is 0 Å². The molecule has 1 aliphatic rings. The molecule has 2 heterocycles. The fourth-order valence-corrected chi connectivity index (χ4v) is 3.51. The zero-order chi connectivity index (χ0) is 16.4. The maximum Gasteiger partial charge on any atom is 0.159 e. The number of fused-ring (bicyclic) bond motifs is 1. The normalized spacial score (nSPS) is 15.8. The van der Waals surface area contributed by atoms with E-state index < -0.39 is 0 Å². The van der Waals surface area contributed by atoms with Gasteiger partial charge in [0.25, 0.3) is 0 Å². The van der Waals surface area contributed by atoms with E-state index in [1.165, 1.54) is 5.39 Å². The van der Waals surface area contributed by atoms with Crippen molar-refractivity contribution < 1.29 is 0 Å². The number of hydrogen-bond acceptors (Lipinski definition) is 4. The summed E-state index contributed by atoms with van der Waals surface area (Å²) in [6.45, 7) is 2.80. The van der Waals surface area contributed by atoms with Crippen LogP contribution < -0.4 is 10.6 Å². The van der Waals surface area contributed by atoms with Gasteiger partial charge in [0.15, 0.2) is 5.82 Å². The molecule has 3 aromatic rings. The lowest BCUT2D eigenvalue weighted by atomic mass is 9.96. The third-order valence-electron chi connectivity index (χ3n) is 4.96. The summed E-state index contributed by atoms with van der Waals surface area (Å²) in [5.41, 5.74) is 7.87. The number of anilines is 1. The Kier molecular flexibility index (Phi) is 4.13. The van der Waals surface area contributed by atoms with Crippen LogP contribution in [0.2, 0.25) is 0 Å². The predicted molar refractivity (Wildman–Crippen MR) is 99.0 cm³/mol. The first-order chi connectivity index (χ1) is 11.9. The van der Waals surface area contributed by atoms with Crippen molar-refractivity contribution >= 4 is 16.6 Å². The molecule has 1 aliphatic heterocycles. The Labute approximate surface area is 142 Å². The second-order valence-corrected chi connectivity index (χ2v) is 6.45. The molecule has 4 nitrogen and oxygen atoms in total. The van der Waals surface area contributed by atoms with Gasteiger partial charge in [0.05, 0.1) is 0 Å². The Morgan fingerprint density at radius 3 is 2.25 bits per heavy atom. The van der Waals surface area contributed by atoms with Gasteiger partial charge in [-0.3, -0.25) is 0 Å². The fraction of sp³-hybridized carbons (Fsp3) is 0.300. The Morgan fingerprint density at radius 2 is 1.54 bits per heavy atom. The van der Waals surface area contributed by atoms with Crippen molar-refractivity contribution in [3.05, 3.63) is 54.6 Å². The average molecular weight is 318 g/mol. The van der Waals surface area contributed by atoms with Gasteiger partial charge in [0.1, 0.15) is 5.69 Å². The second-order valence-electron chi connectivity index (χ2n) is 6.45. The third kappa shape index (κ3) is 2.74. The lowest BCUT2D eigenvalue weighted by Crippen LogP contribution is -2.36. The van der Waals surface area contributed by atoms with Gasteiger partial charge in [-0.15, -0.1) is 10.2 Å². The maximum atomic E-state index is 5.82. The summed E-state index contributed by atoms with van der Waals surface area (Å²) < 4.78 is 0. The van der Waals surface area contributed by atoms with E-state index in [-0.39, 0.29) is 0 Å². The highest BCUT2D eigenvalue weighted by Crippen LogP contribution is 2.32. The van der Waals surface area contributed by atoms with Crippen molar-refractivity contribution in [2.45, 2.75) is 12.8 Å². The van der Waals surface area contributed by atoms with Gasteiger partial charge < -0.3 is 10.6 Å². The van der Waals surface area contributed by atoms with Crippen molar-refractivity contribution in [3.63, 3.8) is 0 Å². The summed E-state index contributed by atoms with van der Waals surface area (Å²) in [6, 6.07) is 18.7. The number of piperidine rings is 1. The molecular weight excluding hydrogens is 296 g/mol. The zero-order valence-corrected chi connectivity index (χ0v) is 13.7. The number of benzene rings is 2. The number of nitrogens with two attached hydrogens (primary N) is 1. The van der Waals surface area contributed by atoms with E-state index in [1.54, 1.807) is 0 Å². The van der Waals surface area contributed by atoms with Gasteiger partial charge in [-0.05, 0) is 25.3 Å². The molecule has 24 heavy (non-hydrogen) atoms. The summed E-state index contributed by atoms with van der Waals surface area (Å²) in [5, 5.41) is 11.5. The van der Waals surface area contributed by atoms with Crippen LogP contribution in [-0.2, 0) is 0 Å². The topological polar surface area (TPSA) is 55.0 Å². The highest BCUT2D eigenvalue weighted by Gasteiger charge is 2.21. The first-order valence-electron chi connectivity index (χ1n) is 8.62. The molecule has 0 radical (unpaired) electrons.